The van der Waals surface area contributed by atoms with Crippen LogP contribution in [0.5, 0.6) is 0 Å². The molecule has 0 saturated heterocycles. The fourth-order valence-electron chi connectivity index (χ4n) is 3.10. The highest BCUT2D eigenvalue weighted by atomic mass is 16.7. The molecule has 2 aliphatic carbocycles. The van der Waals surface area contributed by atoms with Crippen molar-refractivity contribution >= 4 is 0 Å². The normalized spacial score (nSPS) is 38.4. The smallest absolute Gasteiger partial charge is 0.0790 e. The molecule has 0 aromatic rings. The van der Waals surface area contributed by atoms with E-state index in [2.05, 4.69) is 19.3 Å². The second-order valence-electron chi connectivity index (χ2n) is 5.55. The topological polar surface area (TPSA) is 21.3 Å². The van der Waals surface area contributed by atoms with Crippen molar-refractivity contribution in [2.45, 2.75) is 70.9 Å². The fourth-order valence-corrected chi connectivity index (χ4v) is 3.10. The lowest BCUT2D eigenvalue weighted by atomic mass is 9.79. The summed E-state index contributed by atoms with van der Waals surface area (Å²) in [6.07, 6.45) is 9.80. The molecule has 0 aromatic carbocycles. The summed E-state index contributed by atoms with van der Waals surface area (Å²) < 4.78 is 0. The molecule has 15 heavy (non-hydrogen) atoms. The molecule has 2 saturated carbocycles. The molecule has 0 aromatic heterocycles. The van der Waals surface area contributed by atoms with Gasteiger partial charge in [0.25, 0.3) is 0 Å². The maximum atomic E-state index is 5.83. The van der Waals surface area contributed by atoms with E-state index in [1.54, 1.807) is 0 Å². The van der Waals surface area contributed by atoms with Gasteiger partial charge < -0.3 is 0 Å². The zero-order chi connectivity index (χ0) is 10.7. The third-order valence-corrected chi connectivity index (χ3v) is 4.22. The number of rotatable bonds is 3. The predicted molar refractivity (Wildman–Crippen MR) is 62.4 cm³/mol. The minimum Gasteiger partial charge on any atom is -0.298 e. The minimum absolute atomic E-state index is 0.492. The van der Waals surface area contributed by atoms with Gasteiger partial charge in [-0.3, -0.25) is 4.84 Å². The number of hydroxylamine groups is 1. The van der Waals surface area contributed by atoms with Gasteiger partial charge in [-0.2, -0.15) is 5.48 Å². The van der Waals surface area contributed by atoms with Crippen LogP contribution >= 0.6 is 0 Å². The molecular formula is C13H25NO. The van der Waals surface area contributed by atoms with Gasteiger partial charge in [0.05, 0.1) is 6.10 Å². The van der Waals surface area contributed by atoms with Crippen molar-refractivity contribution in [1.29, 1.82) is 0 Å². The summed E-state index contributed by atoms with van der Waals surface area (Å²) in [5.41, 5.74) is 3.36. The lowest BCUT2D eigenvalue weighted by Crippen LogP contribution is -2.44. The first-order valence-electron chi connectivity index (χ1n) is 6.68. The van der Waals surface area contributed by atoms with Gasteiger partial charge in [-0.05, 0) is 37.5 Å². The van der Waals surface area contributed by atoms with E-state index in [1.807, 2.05) is 0 Å². The molecule has 1 N–H and O–H groups in total. The zero-order valence-electron chi connectivity index (χ0n) is 10.2. The van der Waals surface area contributed by atoms with Crippen LogP contribution in [0.1, 0.15) is 58.8 Å². The monoisotopic (exact) mass is 211 g/mol. The molecule has 0 spiro atoms. The quantitative estimate of drug-likeness (QED) is 0.723. The van der Waals surface area contributed by atoms with Crippen molar-refractivity contribution < 1.29 is 4.84 Å². The Kier molecular flexibility index (Phi) is 4.04. The molecule has 0 aliphatic heterocycles. The molecule has 2 unspecified atom stereocenters. The highest BCUT2D eigenvalue weighted by Gasteiger charge is 2.28. The molecule has 2 nitrogen and oxygen atoms in total. The van der Waals surface area contributed by atoms with E-state index in [4.69, 9.17) is 4.84 Å². The molecule has 88 valence electrons. The first-order chi connectivity index (χ1) is 7.27. The van der Waals surface area contributed by atoms with Crippen LogP contribution < -0.4 is 5.48 Å². The fraction of sp³-hybridized carbons (Fsp3) is 1.00. The molecule has 2 rings (SSSR count). The lowest BCUT2D eigenvalue weighted by molar-refractivity contribution is -0.0666. The molecule has 0 heterocycles. The van der Waals surface area contributed by atoms with Crippen LogP contribution in [0.3, 0.4) is 0 Å². The second kappa shape index (κ2) is 5.31. The standard InChI is InChI=1S/C13H25NO/c1-10-6-5-7-11(2)13(10)14-15-12-8-3-4-9-12/h10-14H,3-9H2,1-2H3. The van der Waals surface area contributed by atoms with E-state index < -0.39 is 0 Å². The van der Waals surface area contributed by atoms with Crippen molar-refractivity contribution in [2.75, 3.05) is 0 Å². The first-order valence-corrected chi connectivity index (χ1v) is 6.68. The van der Waals surface area contributed by atoms with E-state index in [1.165, 1.54) is 44.9 Å². The van der Waals surface area contributed by atoms with E-state index in [-0.39, 0.29) is 0 Å². The zero-order valence-corrected chi connectivity index (χ0v) is 10.2. The van der Waals surface area contributed by atoms with Crippen LogP contribution in [0, 0.1) is 11.8 Å². The molecule has 0 radical (unpaired) electrons. The van der Waals surface area contributed by atoms with Crippen LogP contribution in [0.2, 0.25) is 0 Å². The maximum absolute atomic E-state index is 5.83. The Labute approximate surface area is 93.7 Å². The van der Waals surface area contributed by atoms with E-state index in [9.17, 15) is 0 Å². The van der Waals surface area contributed by atoms with E-state index in [0.29, 0.717) is 12.1 Å². The Balaban J connectivity index is 1.75. The highest BCUT2D eigenvalue weighted by Crippen LogP contribution is 2.29. The number of hydrogen-bond acceptors (Lipinski definition) is 2. The molecule has 2 atom stereocenters. The van der Waals surface area contributed by atoms with Crippen molar-refractivity contribution in [1.82, 2.24) is 5.48 Å². The van der Waals surface area contributed by atoms with Gasteiger partial charge in [0, 0.05) is 6.04 Å². The van der Waals surface area contributed by atoms with Gasteiger partial charge in [-0.15, -0.1) is 0 Å². The lowest BCUT2D eigenvalue weighted by Gasteiger charge is -2.35. The second-order valence-corrected chi connectivity index (χ2v) is 5.55. The van der Waals surface area contributed by atoms with Crippen LogP contribution in [-0.2, 0) is 4.84 Å². The summed E-state index contributed by atoms with van der Waals surface area (Å²) in [7, 11) is 0. The van der Waals surface area contributed by atoms with E-state index >= 15 is 0 Å². The van der Waals surface area contributed by atoms with E-state index in [0.717, 1.165) is 11.8 Å². The molecule has 2 fully saturated rings. The van der Waals surface area contributed by atoms with Gasteiger partial charge in [-0.25, -0.2) is 0 Å². The third-order valence-electron chi connectivity index (χ3n) is 4.22. The first kappa shape index (κ1) is 11.4. The summed E-state index contributed by atoms with van der Waals surface area (Å²) in [4.78, 5) is 5.83. The van der Waals surface area contributed by atoms with Gasteiger partial charge in [0.1, 0.15) is 0 Å². The van der Waals surface area contributed by atoms with Gasteiger partial charge >= 0.3 is 0 Å². The Morgan fingerprint density at radius 2 is 1.47 bits per heavy atom. The SMILES string of the molecule is CC1CCCC(C)C1NOC1CCCC1. The van der Waals surface area contributed by atoms with Crippen LogP contribution in [0.4, 0.5) is 0 Å². The predicted octanol–water partition coefficient (Wildman–Crippen LogP) is 3.27. The summed E-state index contributed by atoms with van der Waals surface area (Å²) in [5.74, 6) is 1.55. The van der Waals surface area contributed by atoms with Gasteiger partial charge in [0.15, 0.2) is 0 Å². The van der Waals surface area contributed by atoms with Crippen molar-refractivity contribution in [3.63, 3.8) is 0 Å². The summed E-state index contributed by atoms with van der Waals surface area (Å²) in [6, 6.07) is 0.583. The summed E-state index contributed by atoms with van der Waals surface area (Å²) in [6.45, 7) is 4.71. The average molecular weight is 211 g/mol. The Bertz CT molecular complexity index is 179. The molecule has 2 aliphatic rings. The third kappa shape index (κ3) is 2.94. The molecule has 2 heteroatoms. The minimum atomic E-state index is 0.492. The van der Waals surface area contributed by atoms with Crippen molar-refractivity contribution in [3.8, 4) is 0 Å². The Hall–Kier alpha value is -0.0800. The Morgan fingerprint density at radius 1 is 0.867 bits per heavy atom. The summed E-state index contributed by atoms with van der Waals surface area (Å²) in [5, 5.41) is 0. The number of hydrogen-bond donors (Lipinski definition) is 1. The highest BCUT2D eigenvalue weighted by molar-refractivity contribution is 4.81. The molecule has 0 amide bonds. The van der Waals surface area contributed by atoms with Gasteiger partial charge in [-0.1, -0.05) is 33.1 Å². The largest absolute Gasteiger partial charge is 0.298 e. The van der Waals surface area contributed by atoms with Crippen LogP contribution in [0.25, 0.3) is 0 Å². The average Bonchev–Trinajstić information content (AvgIpc) is 2.70. The van der Waals surface area contributed by atoms with Crippen molar-refractivity contribution in [3.05, 3.63) is 0 Å². The van der Waals surface area contributed by atoms with Crippen molar-refractivity contribution in [2.24, 2.45) is 11.8 Å². The van der Waals surface area contributed by atoms with Gasteiger partial charge in [0.2, 0.25) is 0 Å². The van der Waals surface area contributed by atoms with Crippen LogP contribution in [-0.4, -0.2) is 12.1 Å². The van der Waals surface area contributed by atoms with Crippen LogP contribution in [0.15, 0.2) is 0 Å². The number of nitrogens with one attached hydrogen (secondary N) is 1. The Morgan fingerprint density at radius 3 is 2.07 bits per heavy atom. The summed E-state index contributed by atoms with van der Waals surface area (Å²) >= 11 is 0. The molecule has 0 bridgehead atoms. The maximum Gasteiger partial charge on any atom is 0.0790 e. The molecular weight excluding hydrogens is 186 g/mol.